The van der Waals surface area contributed by atoms with Gasteiger partial charge in [0.15, 0.2) is 5.82 Å². The molecule has 0 spiro atoms. The van der Waals surface area contributed by atoms with Gasteiger partial charge in [-0.15, -0.1) is 0 Å². The summed E-state index contributed by atoms with van der Waals surface area (Å²) in [7, 11) is 0. The quantitative estimate of drug-likeness (QED) is 0.906. The Hall–Kier alpha value is -2.14. The number of nitrogens with zero attached hydrogens (tertiary/aromatic N) is 2. The van der Waals surface area contributed by atoms with Gasteiger partial charge in [0.2, 0.25) is 0 Å². The molecule has 0 amide bonds. The summed E-state index contributed by atoms with van der Waals surface area (Å²) in [6.45, 7) is 3.74. The Kier molecular flexibility index (Phi) is 3.75. The molecule has 1 aliphatic rings. The maximum atomic E-state index is 5.93. The van der Waals surface area contributed by atoms with Crippen LogP contribution in [-0.4, -0.2) is 28.7 Å². The molecule has 110 valence electrons. The normalized spacial score (nSPS) is 17.4. The summed E-state index contributed by atoms with van der Waals surface area (Å²) < 4.78 is 5.42. The SMILES string of the molecule is CC1(Nc2cc(N)nc(-c3ccccc3)n2)CCOCC1. The molecule has 0 aliphatic carbocycles. The van der Waals surface area contributed by atoms with Crippen LogP contribution in [0.1, 0.15) is 19.8 Å². The number of anilines is 2. The van der Waals surface area contributed by atoms with Crippen molar-refractivity contribution in [1.29, 1.82) is 0 Å². The molecule has 2 aromatic rings. The highest BCUT2D eigenvalue weighted by atomic mass is 16.5. The van der Waals surface area contributed by atoms with Crippen molar-refractivity contribution >= 4 is 11.6 Å². The minimum atomic E-state index is -0.00694. The van der Waals surface area contributed by atoms with Crippen molar-refractivity contribution in [3.05, 3.63) is 36.4 Å². The number of nitrogen functional groups attached to an aromatic ring is 1. The molecule has 0 atom stereocenters. The van der Waals surface area contributed by atoms with Crippen molar-refractivity contribution in [2.75, 3.05) is 24.3 Å². The molecule has 3 rings (SSSR count). The van der Waals surface area contributed by atoms with Gasteiger partial charge in [-0.2, -0.15) is 0 Å². The molecule has 0 saturated carbocycles. The minimum Gasteiger partial charge on any atom is -0.384 e. The molecule has 5 heteroatoms. The first-order chi connectivity index (χ1) is 10.1. The highest BCUT2D eigenvalue weighted by Gasteiger charge is 2.27. The van der Waals surface area contributed by atoms with Crippen LogP contribution in [-0.2, 0) is 4.74 Å². The molecule has 1 fully saturated rings. The fraction of sp³-hybridized carbons (Fsp3) is 0.375. The number of nitrogens with one attached hydrogen (secondary N) is 1. The molecule has 1 aliphatic heterocycles. The molecule has 0 bridgehead atoms. The van der Waals surface area contributed by atoms with Crippen molar-refractivity contribution < 1.29 is 4.74 Å². The second kappa shape index (κ2) is 5.69. The predicted molar refractivity (Wildman–Crippen MR) is 84.0 cm³/mol. The van der Waals surface area contributed by atoms with Crippen molar-refractivity contribution in [2.45, 2.75) is 25.3 Å². The Labute approximate surface area is 124 Å². The lowest BCUT2D eigenvalue weighted by Gasteiger charge is -2.35. The van der Waals surface area contributed by atoms with Gasteiger partial charge in [-0.05, 0) is 19.8 Å². The number of rotatable bonds is 3. The fourth-order valence-electron chi connectivity index (χ4n) is 2.50. The van der Waals surface area contributed by atoms with Gasteiger partial charge < -0.3 is 15.8 Å². The van der Waals surface area contributed by atoms with Crippen molar-refractivity contribution in [2.24, 2.45) is 0 Å². The largest absolute Gasteiger partial charge is 0.384 e. The Balaban J connectivity index is 1.88. The van der Waals surface area contributed by atoms with E-state index in [9.17, 15) is 0 Å². The summed E-state index contributed by atoms with van der Waals surface area (Å²) in [5, 5.41) is 3.50. The third kappa shape index (κ3) is 3.31. The van der Waals surface area contributed by atoms with Gasteiger partial charge in [-0.3, -0.25) is 0 Å². The Bertz CT molecular complexity index is 609. The lowest BCUT2D eigenvalue weighted by atomic mass is 9.92. The summed E-state index contributed by atoms with van der Waals surface area (Å²) >= 11 is 0. The van der Waals surface area contributed by atoms with E-state index in [0.717, 1.165) is 37.4 Å². The van der Waals surface area contributed by atoms with Crippen LogP contribution < -0.4 is 11.1 Å². The number of hydrogen-bond donors (Lipinski definition) is 2. The van der Waals surface area contributed by atoms with Crippen LogP contribution in [0.5, 0.6) is 0 Å². The van der Waals surface area contributed by atoms with Crippen molar-refractivity contribution in [1.82, 2.24) is 9.97 Å². The summed E-state index contributed by atoms with van der Waals surface area (Å²) in [4.78, 5) is 8.92. The van der Waals surface area contributed by atoms with Crippen molar-refractivity contribution in [3.63, 3.8) is 0 Å². The van der Waals surface area contributed by atoms with Crippen LogP contribution in [0.25, 0.3) is 11.4 Å². The van der Waals surface area contributed by atoms with Gasteiger partial charge in [0.1, 0.15) is 11.6 Å². The van der Waals surface area contributed by atoms with Gasteiger partial charge in [0, 0.05) is 30.4 Å². The van der Waals surface area contributed by atoms with E-state index >= 15 is 0 Å². The third-order valence-electron chi connectivity index (χ3n) is 3.80. The average Bonchev–Trinajstić information content (AvgIpc) is 2.48. The van der Waals surface area contributed by atoms with E-state index in [0.29, 0.717) is 11.6 Å². The zero-order valence-electron chi connectivity index (χ0n) is 12.2. The summed E-state index contributed by atoms with van der Waals surface area (Å²) in [5.41, 5.74) is 6.89. The van der Waals surface area contributed by atoms with Gasteiger partial charge >= 0.3 is 0 Å². The number of aromatic nitrogens is 2. The van der Waals surface area contributed by atoms with Gasteiger partial charge in [-0.1, -0.05) is 30.3 Å². The van der Waals surface area contributed by atoms with E-state index in [1.54, 1.807) is 6.07 Å². The van der Waals surface area contributed by atoms with Gasteiger partial charge in [0.25, 0.3) is 0 Å². The summed E-state index contributed by atoms with van der Waals surface area (Å²) in [5.74, 6) is 1.89. The molecular formula is C16H20N4O. The van der Waals surface area contributed by atoms with Crippen LogP contribution in [0.15, 0.2) is 36.4 Å². The van der Waals surface area contributed by atoms with E-state index in [1.807, 2.05) is 30.3 Å². The molecule has 5 nitrogen and oxygen atoms in total. The zero-order valence-corrected chi connectivity index (χ0v) is 12.2. The molecule has 1 saturated heterocycles. The minimum absolute atomic E-state index is 0.00694. The number of ether oxygens (including phenoxy) is 1. The highest BCUT2D eigenvalue weighted by Crippen LogP contribution is 2.26. The lowest BCUT2D eigenvalue weighted by Crippen LogP contribution is -2.40. The number of hydrogen-bond acceptors (Lipinski definition) is 5. The molecule has 0 unspecified atom stereocenters. The van der Waals surface area contributed by atoms with E-state index in [-0.39, 0.29) is 5.54 Å². The monoisotopic (exact) mass is 284 g/mol. The molecular weight excluding hydrogens is 264 g/mol. The van der Waals surface area contributed by atoms with Crippen LogP contribution >= 0.6 is 0 Å². The van der Waals surface area contributed by atoms with Gasteiger partial charge in [-0.25, -0.2) is 9.97 Å². The number of nitrogens with two attached hydrogens (primary N) is 1. The molecule has 21 heavy (non-hydrogen) atoms. The first-order valence-electron chi connectivity index (χ1n) is 7.21. The van der Waals surface area contributed by atoms with E-state index in [4.69, 9.17) is 10.5 Å². The molecule has 1 aromatic heterocycles. The maximum absolute atomic E-state index is 5.93. The van der Waals surface area contributed by atoms with Gasteiger partial charge in [0.05, 0.1) is 0 Å². The second-order valence-corrected chi connectivity index (χ2v) is 5.67. The molecule has 1 aromatic carbocycles. The Morgan fingerprint density at radius 3 is 2.57 bits per heavy atom. The summed E-state index contributed by atoms with van der Waals surface area (Å²) in [6.07, 6.45) is 1.91. The predicted octanol–water partition coefficient (Wildman–Crippen LogP) is 2.71. The third-order valence-corrected chi connectivity index (χ3v) is 3.80. The Morgan fingerprint density at radius 1 is 1.14 bits per heavy atom. The first-order valence-corrected chi connectivity index (χ1v) is 7.21. The summed E-state index contributed by atoms with van der Waals surface area (Å²) in [6, 6.07) is 11.7. The van der Waals surface area contributed by atoms with E-state index < -0.39 is 0 Å². The van der Waals surface area contributed by atoms with Crippen LogP contribution in [0.2, 0.25) is 0 Å². The average molecular weight is 284 g/mol. The topological polar surface area (TPSA) is 73.1 Å². The highest BCUT2D eigenvalue weighted by molar-refractivity contribution is 5.60. The Morgan fingerprint density at radius 2 is 1.86 bits per heavy atom. The molecule has 3 N–H and O–H groups in total. The van der Waals surface area contributed by atoms with Crippen LogP contribution in [0, 0.1) is 0 Å². The second-order valence-electron chi connectivity index (χ2n) is 5.67. The van der Waals surface area contributed by atoms with E-state index in [1.165, 1.54) is 0 Å². The van der Waals surface area contributed by atoms with Crippen LogP contribution in [0.3, 0.4) is 0 Å². The fourth-order valence-corrected chi connectivity index (χ4v) is 2.50. The molecule has 2 heterocycles. The zero-order chi connectivity index (χ0) is 14.7. The molecule has 0 radical (unpaired) electrons. The smallest absolute Gasteiger partial charge is 0.163 e. The van der Waals surface area contributed by atoms with Crippen molar-refractivity contribution in [3.8, 4) is 11.4 Å². The maximum Gasteiger partial charge on any atom is 0.163 e. The van der Waals surface area contributed by atoms with E-state index in [2.05, 4.69) is 22.2 Å². The van der Waals surface area contributed by atoms with Crippen LogP contribution in [0.4, 0.5) is 11.6 Å². The lowest BCUT2D eigenvalue weighted by molar-refractivity contribution is 0.0657. The first kappa shape index (κ1) is 13.8. The number of benzene rings is 1. The standard InChI is InChI=1S/C16H20N4O/c1-16(7-9-21-10-8-16)20-14-11-13(17)18-15(19-14)12-5-3-2-4-6-12/h2-6,11H,7-10H2,1H3,(H3,17,18,19,20).